The van der Waals surface area contributed by atoms with Gasteiger partial charge in [0.05, 0.1) is 36.7 Å². The Morgan fingerprint density at radius 3 is 2.55 bits per heavy atom. The molecule has 166 valence electrons. The van der Waals surface area contributed by atoms with Gasteiger partial charge in [0, 0.05) is 23.2 Å². The van der Waals surface area contributed by atoms with Crippen molar-refractivity contribution in [2.24, 2.45) is 0 Å². The lowest BCUT2D eigenvalue weighted by molar-refractivity contribution is 0.0601. The molecule has 0 amide bonds. The molecule has 0 radical (unpaired) electrons. The fraction of sp³-hybridized carbons (Fsp3) is 0.185. The molecule has 0 N–H and O–H groups in total. The molecule has 1 aliphatic rings. The predicted molar refractivity (Wildman–Crippen MR) is 127 cm³/mol. The van der Waals surface area contributed by atoms with Crippen LogP contribution in [0.3, 0.4) is 0 Å². The molecule has 0 aliphatic carbocycles. The third-order valence-electron chi connectivity index (χ3n) is 6.03. The molecule has 2 heterocycles. The smallest absolute Gasteiger partial charge is 0.337 e. The number of carbonyl (C=O) groups is 1. The number of nitrogens with zero attached hydrogens (tertiary/aromatic N) is 2. The van der Waals surface area contributed by atoms with Gasteiger partial charge >= 0.3 is 5.97 Å². The van der Waals surface area contributed by atoms with Crippen LogP contribution >= 0.6 is 0 Å². The molecule has 0 fully saturated rings. The summed E-state index contributed by atoms with van der Waals surface area (Å²) >= 11 is 0. The summed E-state index contributed by atoms with van der Waals surface area (Å²) in [5.41, 5.74) is 6.00. The highest BCUT2D eigenvalue weighted by atomic mass is 19.1. The Morgan fingerprint density at radius 1 is 0.970 bits per heavy atom. The van der Waals surface area contributed by atoms with Crippen molar-refractivity contribution < 1.29 is 18.7 Å². The number of carbonyl (C=O) groups excluding carboxylic acids is 1. The number of ether oxygens (including phenoxy) is 2. The Labute approximate surface area is 191 Å². The number of fused-ring (bicyclic) bond motifs is 2. The maximum atomic E-state index is 13.6. The molecule has 3 aromatic carbocycles. The number of pyridine rings is 1. The molecule has 6 heteroatoms. The van der Waals surface area contributed by atoms with Crippen molar-refractivity contribution in [3.8, 4) is 17.0 Å². The number of hydrogen-bond acceptors (Lipinski definition) is 5. The van der Waals surface area contributed by atoms with E-state index in [0.29, 0.717) is 5.56 Å². The summed E-state index contributed by atoms with van der Waals surface area (Å²) in [6.07, 6.45) is 1.94. The topological polar surface area (TPSA) is 51.7 Å². The average molecular weight is 442 g/mol. The van der Waals surface area contributed by atoms with Gasteiger partial charge in [-0.25, -0.2) is 14.2 Å². The molecule has 33 heavy (non-hydrogen) atoms. The van der Waals surface area contributed by atoms with Gasteiger partial charge in [-0.15, -0.1) is 0 Å². The molecule has 0 saturated heterocycles. The molecule has 0 atom stereocenters. The van der Waals surface area contributed by atoms with Gasteiger partial charge in [0.1, 0.15) is 11.6 Å². The number of halogens is 1. The van der Waals surface area contributed by atoms with Crippen LogP contribution in [0.25, 0.3) is 22.2 Å². The monoisotopic (exact) mass is 442 g/mol. The summed E-state index contributed by atoms with van der Waals surface area (Å²) in [5, 5.41) is 0.833. The van der Waals surface area contributed by atoms with Crippen LogP contribution < -0.4 is 9.64 Å². The second-order valence-electron chi connectivity index (χ2n) is 8.01. The van der Waals surface area contributed by atoms with Crippen LogP contribution in [0.15, 0.2) is 66.7 Å². The zero-order valence-corrected chi connectivity index (χ0v) is 18.5. The SMILES string of the molecule is COC(=O)c1ccc2nc(-c3ccc(F)cc3)c(N3CCCc4cc(OC)ccc43)cc2c1. The van der Waals surface area contributed by atoms with Gasteiger partial charge in [-0.2, -0.15) is 0 Å². The first-order valence-electron chi connectivity index (χ1n) is 10.8. The molecule has 1 aliphatic heterocycles. The quantitative estimate of drug-likeness (QED) is 0.367. The van der Waals surface area contributed by atoms with E-state index in [1.54, 1.807) is 31.4 Å². The molecule has 0 spiro atoms. The Bertz CT molecular complexity index is 1350. The van der Waals surface area contributed by atoms with Gasteiger partial charge in [-0.3, -0.25) is 0 Å². The normalized spacial score (nSPS) is 13.0. The van der Waals surface area contributed by atoms with Crippen molar-refractivity contribution in [2.75, 3.05) is 25.7 Å². The number of aryl methyl sites for hydroxylation is 1. The highest BCUT2D eigenvalue weighted by molar-refractivity contribution is 5.97. The summed E-state index contributed by atoms with van der Waals surface area (Å²) in [6.45, 7) is 0.817. The number of rotatable bonds is 4. The Hall–Kier alpha value is -3.93. The van der Waals surface area contributed by atoms with Gasteiger partial charge in [0.15, 0.2) is 0 Å². The maximum Gasteiger partial charge on any atom is 0.337 e. The number of anilines is 2. The van der Waals surface area contributed by atoms with Crippen molar-refractivity contribution in [3.05, 3.63) is 83.7 Å². The lowest BCUT2D eigenvalue weighted by Gasteiger charge is -2.33. The van der Waals surface area contributed by atoms with Crippen LogP contribution in [-0.4, -0.2) is 31.7 Å². The van der Waals surface area contributed by atoms with Crippen LogP contribution in [-0.2, 0) is 11.2 Å². The van der Waals surface area contributed by atoms with E-state index < -0.39 is 5.97 Å². The fourth-order valence-electron chi connectivity index (χ4n) is 4.39. The zero-order chi connectivity index (χ0) is 22.9. The third-order valence-corrected chi connectivity index (χ3v) is 6.03. The van der Waals surface area contributed by atoms with E-state index in [1.165, 1.54) is 24.8 Å². The second kappa shape index (κ2) is 8.54. The van der Waals surface area contributed by atoms with Crippen LogP contribution in [0.2, 0.25) is 0 Å². The van der Waals surface area contributed by atoms with E-state index in [2.05, 4.69) is 17.0 Å². The summed E-state index contributed by atoms with van der Waals surface area (Å²) < 4.78 is 24.0. The Morgan fingerprint density at radius 2 is 1.79 bits per heavy atom. The standard InChI is InChI=1S/C27H23FN2O3/c1-32-22-10-12-24-18(15-22)4-3-13-30(24)25-16-20-14-19(27(31)33-2)7-11-23(20)29-26(25)17-5-8-21(28)9-6-17/h5-12,14-16H,3-4,13H2,1-2H3. The summed E-state index contributed by atoms with van der Waals surface area (Å²) in [7, 11) is 3.04. The molecule has 5 nitrogen and oxygen atoms in total. The number of esters is 1. The van der Waals surface area contributed by atoms with Crippen LogP contribution in [0.1, 0.15) is 22.3 Å². The number of hydrogen-bond donors (Lipinski definition) is 0. The van der Waals surface area contributed by atoms with E-state index in [0.717, 1.165) is 58.7 Å². The molecule has 0 bridgehead atoms. The van der Waals surface area contributed by atoms with E-state index in [-0.39, 0.29) is 5.82 Å². The van der Waals surface area contributed by atoms with E-state index in [9.17, 15) is 9.18 Å². The highest BCUT2D eigenvalue weighted by Crippen LogP contribution is 2.41. The van der Waals surface area contributed by atoms with Crippen molar-refractivity contribution in [3.63, 3.8) is 0 Å². The Balaban J connectivity index is 1.73. The van der Waals surface area contributed by atoms with Gasteiger partial charge in [-0.1, -0.05) is 0 Å². The van der Waals surface area contributed by atoms with Gasteiger partial charge < -0.3 is 14.4 Å². The molecule has 5 rings (SSSR count). The van der Waals surface area contributed by atoms with Gasteiger partial charge in [0.2, 0.25) is 0 Å². The minimum absolute atomic E-state index is 0.292. The molecule has 0 saturated carbocycles. The number of benzene rings is 3. The van der Waals surface area contributed by atoms with Gasteiger partial charge in [0.25, 0.3) is 0 Å². The maximum absolute atomic E-state index is 13.6. The van der Waals surface area contributed by atoms with Crippen molar-refractivity contribution >= 4 is 28.2 Å². The summed E-state index contributed by atoms with van der Waals surface area (Å²) in [4.78, 5) is 19.3. The Kier molecular flexibility index (Phi) is 5.42. The van der Waals surface area contributed by atoms with Crippen LogP contribution in [0.5, 0.6) is 5.75 Å². The molecular formula is C27H23FN2O3. The molecule has 0 unspecified atom stereocenters. The predicted octanol–water partition coefficient (Wildman–Crippen LogP) is 5.92. The van der Waals surface area contributed by atoms with E-state index in [1.807, 2.05) is 18.2 Å². The minimum atomic E-state index is -0.392. The lowest BCUT2D eigenvalue weighted by atomic mass is 9.98. The minimum Gasteiger partial charge on any atom is -0.497 e. The average Bonchev–Trinajstić information content (AvgIpc) is 2.86. The van der Waals surface area contributed by atoms with Crippen molar-refractivity contribution in [1.82, 2.24) is 4.98 Å². The van der Waals surface area contributed by atoms with Crippen LogP contribution in [0.4, 0.5) is 15.8 Å². The molecular weight excluding hydrogens is 419 g/mol. The third kappa shape index (κ3) is 3.89. The van der Waals surface area contributed by atoms with E-state index >= 15 is 0 Å². The molecule has 4 aromatic rings. The highest BCUT2D eigenvalue weighted by Gasteiger charge is 2.23. The van der Waals surface area contributed by atoms with Crippen molar-refractivity contribution in [2.45, 2.75) is 12.8 Å². The fourth-order valence-corrected chi connectivity index (χ4v) is 4.39. The first-order chi connectivity index (χ1) is 16.1. The first-order valence-corrected chi connectivity index (χ1v) is 10.8. The zero-order valence-electron chi connectivity index (χ0n) is 18.5. The number of methoxy groups -OCH3 is 2. The van der Waals surface area contributed by atoms with Crippen molar-refractivity contribution in [1.29, 1.82) is 0 Å². The summed E-state index contributed by atoms with van der Waals surface area (Å²) in [6, 6.07) is 19.8. The molecule has 1 aromatic heterocycles. The van der Waals surface area contributed by atoms with E-state index in [4.69, 9.17) is 14.5 Å². The summed E-state index contributed by atoms with van der Waals surface area (Å²) in [5.74, 6) is 0.143. The second-order valence-corrected chi connectivity index (χ2v) is 8.01. The number of aromatic nitrogens is 1. The van der Waals surface area contributed by atoms with Crippen LogP contribution in [0, 0.1) is 5.82 Å². The largest absolute Gasteiger partial charge is 0.497 e. The van der Waals surface area contributed by atoms with Gasteiger partial charge in [-0.05, 0) is 85.1 Å². The lowest BCUT2D eigenvalue weighted by Crippen LogP contribution is -2.25. The first kappa shape index (κ1) is 20.9.